The fourth-order valence-corrected chi connectivity index (χ4v) is 1.65. The fourth-order valence-electron chi connectivity index (χ4n) is 1.27. The van der Waals surface area contributed by atoms with Crippen LogP contribution in [0, 0.1) is 0 Å². The van der Waals surface area contributed by atoms with Gasteiger partial charge in [0.25, 0.3) is 0 Å². The highest BCUT2D eigenvalue weighted by atomic mass is 79.9. The number of nitrogens with one attached hydrogen (secondary N) is 1. The topological polar surface area (TPSA) is 63.8 Å². The second-order valence-corrected chi connectivity index (χ2v) is 4.03. The Bertz CT molecular complexity index is 432. The highest BCUT2D eigenvalue weighted by molar-refractivity contribution is 9.10. The molecule has 0 unspecified atom stereocenters. The first-order valence-electron chi connectivity index (χ1n) is 4.92. The van der Waals surface area contributed by atoms with Gasteiger partial charge >= 0.3 is 0 Å². The van der Waals surface area contributed by atoms with Crippen LogP contribution in [0.25, 0.3) is 0 Å². The molecule has 0 fully saturated rings. The first kappa shape index (κ1) is 11.2. The molecule has 0 saturated carbocycles. The van der Waals surface area contributed by atoms with Gasteiger partial charge in [-0.2, -0.15) is 4.98 Å². The number of halogens is 1. The Morgan fingerprint density at radius 3 is 3.06 bits per heavy atom. The Kier molecular flexibility index (Phi) is 4.01. The molecule has 5 nitrogen and oxygen atoms in total. The van der Waals surface area contributed by atoms with Crippen LogP contribution >= 0.6 is 15.9 Å². The van der Waals surface area contributed by atoms with Crippen molar-refractivity contribution in [2.24, 2.45) is 0 Å². The minimum absolute atomic E-state index is 0.648. The van der Waals surface area contributed by atoms with Crippen LogP contribution < -0.4 is 5.32 Å². The van der Waals surface area contributed by atoms with Crippen LogP contribution in [0.4, 0.5) is 0 Å². The van der Waals surface area contributed by atoms with Gasteiger partial charge in [-0.3, -0.25) is 0 Å². The van der Waals surface area contributed by atoms with E-state index in [4.69, 9.17) is 4.52 Å². The van der Waals surface area contributed by atoms with Gasteiger partial charge in [0.15, 0.2) is 6.33 Å². The van der Waals surface area contributed by atoms with Crippen LogP contribution in [0.5, 0.6) is 0 Å². The molecule has 0 aliphatic heterocycles. The Morgan fingerprint density at radius 1 is 1.38 bits per heavy atom. The number of hydrogen-bond donors (Lipinski definition) is 1. The second kappa shape index (κ2) is 5.72. The Labute approximate surface area is 101 Å². The van der Waals surface area contributed by atoms with Gasteiger partial charge in [-0.1, -0.05) is 11.2 Å². The summed E-state index contributed by atoms with van der Waals surface area (Å²) in [5, 5.41) is 6.79. The molecule has 0 atom stereocenters. The molecule has 1 N–H and O–H groups in total. The molecule has 0 aliphatic carbocycles. The van der Waals surface area contributed by atoms with Gasteiger partial charge in [0.2, 0.25) is 5.89 Å². The quantitative estimate of drug-likeness (QED) is 0.666. The largest absolute Gasteiger partial charge is 0.340 e. The number of nitrogens with zero attached hydrogens (tertiary/aromatic N) is 3. The monoisotopic (exact) mass is 282 g/mol. The van der Waals surface area contributed by atoms with Crippen molar-refractivity contribution in [2.45, 2.75) is 13.0 Å². The molecular weight excluding hydrogens is 272 g/mol. The van der Waals surface area contributed by atoms with E-state index >= 15 is 0 Å². The summed E-state index contributed by atoms with van der Waals surface area (Å²) in [4.78, 5) is 8.24. The third-order valence-electron chi connectivity index (χ3n) is 2.00. The minimum Gasteiger partial charge on any atom is -0.340 e. The maximum absolute atomic E-state index is 4.88. The molecule has 2 aromatic heterocycles. The summed E-state index contributed by atoms with van der Waals surface area (Å²) in [6.07, 6.45) is 2.14. The first-order valence-corrected chi connectivity index (χ1v) is 5.71. The van der Waals surface area contributed by atoms with Crippen molar-refractivity contribution in [1.29, 1.82) is 0 Å². The summed E-state index contributed by atoms with van der Waals surface area (Å²) in [6.45, 7) is 1.52. The molecule has 0 saturated heterocycles. The van der Waals surface area contributed by atoms with Crippen molar-refractivity contribution >= 4 is 15.9 Å². The van der Waals surface area contributed by atoms with Gasteiger partial charge in [-0.05, 0) is 28.1 Å². The molecule has 2 rings (SSSR count). The molecule has 2 heterocycles. The molecule has 0 aromatic carbocycles. The highest BCUT2D eigenvalue weighted by Crippen LogP contribution is 2.05. The van der Waals surface area contributed by atoms with Gasteiger partial charge < -0.3 is 9.84 Å². The predicted molar refractivity (Wildman–Crippen MR) is 61.6 cm³/mol. The minimum atomic E-state index is 0.648. The van der Waals surface area contributed by atoms with Crippen molar-refractivity contribution in [3.8, 4) is 0 Å². The van der Waals surface area contributed by atoms with Crippen molar-refractivity contribution in [3.63, 3.8) is 0 Å². The van der Waals surface area contributed by atoms with Gasteiger partial charge in [0.1, 0.15) is 4.60 Å². The number of hydrogen-bond acceptors (Lipinski definition) is 5. The van der Waals surface area contributed by atoms with E-state index in [-0.39, 0.29) is 0 Å². The molecule has 6 heteroatoms. The zero-order chi connectivity index (χ0) is 11.2. The zero-order valence-corrected chi connectivity index (χ0v) is 10.1. The Balaban J connectivity index is 1.72. The number of pyridine rings is 1. The lowest BCUT2D eigenvalue weighted by Crippen LogP contribution is -2.17. The molecule has 0 bridgehead atoms. The summed E-state index contributed by atoms with van der Waals surface area (Å²) in [5.74, 6) is 0.648. The van der Waals surface area contributed by atoms with Crippen molar-refractivity contribution in [1.82, 2.24) is 20.4 Å². The van der Waals surface area contributed by atoms with Crippen LogP contribution in [0.3, 0.4) is 0 Å². The van der Waals surface area contributed by atoms with Crippen LogP contribution in [0.15, 0.2) is 33.7 Å². The third kappa shape index (κ3) is 3.39. The number of aromatic nitrogens is 3. The Morgan fingerprint density at radius 2 is 2.31 bits per heavy atom. The van der Waals surface area contributed by atoms with E-state index in [9.17, 15) is 0 Å². The zero-order valence-electron chi connectivity index (χ0n) is 8.56. The van der Waals surface area contributed by atoms with E-state index in [2.05, 4.69) is 36.4 Å². The fraction of sp³-hybridized carbons (Fsp3) is 0.300. The van der Waals surface area contributed by atoms with E-state index in [0.29, 0.717) is 5.89 Å². The van der Waals surface area contributed by atoms with Crippen LogP contribution in [0.1, 0.15) is 11.6 Å². The predicted octanol–water partition coefficient (Wildman–Crippen LogP) is 1.56. The van der Waals surface area contributed by atoms with E-state index in [1.54, 1.807) is 0 Å². The summed E-state index contributed by atoms with van der Waals surface area (Å²) in [7, 11) is 0. The lowest BCUT2D eigenvalue weighted by Gasteiger charge is -2.02. The summed E-state index contributed by atoms with van der Waals surface area (Å²) < 4.78 is 5.73. The molecule has 0 radical (unpaired) electrons. The van der Waals surface area contributed by atoms with Crippen LogP contribution in [0.2, 0.25) is 0 Å². The SMILES string of the molecule is Brc1cccc(CNCCc2ncno2)n1. The molecule has 84 valence electrons. The van der Waals surface area contributed by atoms with E-state index in [1.165, 1.54) is 6.33 Å². The lowest BCUT2D eigenvalue weighted by atomic mass is 10.3. The normalized spacial score (nSPS) is 10.6. The van der Waals surface area contributed by atoms with Crippen molar-refractivity contribution < 1.29 is 4.52 Å². The maximum atomic E-state index is 4.88. The number of rotatable bonds is 5. The van der Waals surface area contributed by atoms with Gasteiger partial charge in [0.05, 0.1) is 5.69 Å². The standard InChI is InChI=1S/C10H11BrN4O/c11-9-3-1-2-8(15-9)6-12-5-4-10-13-7-14-16-10/h1-3,7,12H,4-6H2. The van der Waals surface area contributed by atoms with Crippen molar-refractivity contribution in [2.75, 3.05) is 6.54 Å². The smallest absolute Gasteiger partial charge is 0.227 e. The molecule has 0 spiro atoms. The maximum Gasteiger partial charge on any atom is 0.227 e. The van der Waals surface area contributed by atoms with Crippen molar-refractivity contribution in [3.05, 3.63) is 40.7 Å². The highest BCUT2D eigenvalue weighted by Gasteiger charge is 1.99. The third-order valence-corrected chi connectivity index (χ3v) is 2.44. The second-order valence-electron chi connectivity index (χ2n) is 3.21. The first-order chi connectivity index (χ1) is 7.84. The molecule has 0 amide bonds. The Hall–Kier alpha value is -1.27. The van der Waals surface area contributed by atoms with Gasteiger partial charge in [-0.15, -0.1) is 0 Å². The van der Waals surface area contributed by atoms with E-state index in [1.807, 2.05) is 18.2 Å². The summed E-state index contributed by atoms with van der Waals surface area (Å²) >= 11 is 3.33. The average Bonchev–Trinajstić information content (AvgIpc) is 2.77. The molecular formula is C10H11BrN4O. The summed E-state index contributed by atoms with van der Waals surface area (Å²) in [6, 6.07) is 5.85. The van der Waals surface area contributed by atoms with E-state index in [0.717, 1.165) is 29.8 Å². The molecule has 0 aliphatic rings. The molecule has 16 heavy (non-hydrogen) atoms. The summed E-state index contributed by atoms with van der Waals surface area (Å²) in [5.41, 5.74) is 1.000. The lowest BCUT2D eigenvalue weighted by molar-refractivity contribution is 0.374. The van der Waals surface area contributed by atoms with E-state index < -0.39 is 0 Å². The van der Waals surface area contributed by atoms with Gasteiger partial charge in [-0.25, -0.2) is 4.98 Å². The average molecular weight is 283 g/mol. The van der Waals surface area contributed by atoms with Crippen LogP contribution in [-0.2, 0) is 13.0 Å². The van der Waals surface area contributed by atoms with Crippen LogP contribution in [-0.4, -0.2) is 21.7 Å². The molecule has 2 aromatic rings. The van der Waals surface area contributed by atoms with Gasteiger partial charge in [0, 0.05) is 19.5 Å².